The Hall–Kier alpha value is -2.14. The Kier molecular flexibility index (Phi) is 4.43. The summed E-state index contributed by atoms with van der Waals surface area (Å²) in [4.78, 5) is 26.0. The summed E-state index contributed by atoms with van der Waals surface area (Å²) in [6, 6.07) is 6.44. The van der Waals surface area contributed by atoms with Gasteiger partial charge in [0.25, 0.3) is 0 Å². The average Bonchev–Trinajstić information content (AvgIpc) is 2.38. The molecule has 0 spiro atoms. The minimum atomic E-state index is -0.621. The van der Waals surface area contributed by atoms with E-state index >= 15 is 0 Å². The Balaban J connectivity index is 2.28. The van der Waals surface area contributed by atoms with E-state index in [1.807, 2.05) is 32.0 Å². The molecule has 112 valence electrons. The first-order valence-electron chi connectivity index (χ1n) is 6.77. The predicted octanol–water partition coefficient (Wildman–Crippen LogP) is 2.21. The first-order valence-corrected chi connectivity index (χ1v) is 6.77. The zero-order valence-corrected chi connectivity index (χ0v) is 12.7. The molecule has 0 aliphatic rings. The number of likely N-dealkylation sites (N-methyl/N-ethyl adjacent to an activating group) is 1. The third-order valence-electron chi connectivity index (χ3n) is 3.01. The molecule has 21 heavy (non-hydrogen) atoms. The van der Waals surface area contributed by atoms with Gasteiger partial charge in [0.15, 0.2) is 5.43 Å². The average molecular weight is 289 g/mol. The van der Waals surface area contributed by atoms with Gasteiger partial charge in [0.05, 0.1) is 5.39 Å². The molecule has 1 unspecified atom stereocenters. The second-order valence-corrected chi connectivity index (χ2v) is 5.45. The number of esters is 1. The molecule has 1 aromatic heterocycles. The Labute approximate surface area is 123 Å². The zero-order chi connectivity index (χ0) is 15.6. The van der Waals surface area contributed by atoms with Crippen molar-refractivity contribution in [2.75, 3.05) is 20.6 Å². The molecule has 0 aliphatic heterocycles. The van der Waals surface area contributed by atoms with Crippen molar-refractivity contribution in [1.29, 1.82) is 0 Å². The van der Waals surface area contributed by atoms with Crippen molar-refractivity contribution < 1.29 is 13.9 Å². The van der Waals surface area contributed by atoms with Gasteiger partial charge in [-0.05, 0) is 40.1 Å². The third-order valence-corrected chi connectivity index (χ3v) is 3.01. The van der Waals surface area contributed by atoms with Crippen LogP contribution in [-0.4, -0.2) is 37.6 Å². The minimum Gasteiger partial charge on any atom is -0.455 e. The highest BCUT2D eigenvalue weighted by molar-refractivity contribution is 5.89. The first kappa shape index (κ1) is 15.3. The van der Waals surface area contributed by atoms with Gasteiger partial charge < -0.3 is 14.1 Å². The molecule has 0 N–H and O–H groups in total. The Morgan fingerprint density at radius 1 is 1.33 bits per heavy atom. The first-order chi connectivity index (χ1) is 9.86. The van der Waals surface area contributed by atoms with Crippen molar-refractivity contribution in [3.63, 3.8) is 0 Å². The fourth-order valence-corrected chi connectivity index (χ4v) is 2.16. The normalized spacial score (nSPS) is 12.6. The lowest BCUT2D eigenvalue weighted by molar-refractivity contribution is 0.0254. The lowest BCUT2D eigenvalue weighted by Crippen LogP contribution is -2.28. The quantitative estimate of drug-likeness (QED) is 0.808. The van der Waals surface area contributed by atoms with E-state index in [4.69, 9.17) is 9.15 Å². The molecule has 0 saturated carbocycles. The van der Waals surface area contributed by atoms with Crippen LogP contribution in [0.2, 0.25) is 0 Å². The number of hydrogen-bond donors (Lipinski definition) is 0. The molecule has 0 bridgehead atoms. The molecule has 5 nitrogen and oxygen atoms in total. The smallest absolute Gasteiger partial charge is 0.374 e. The molecular weight excluding hydrogens is 270 g/mol. The summed E-state index contributed by atoms with van der Waals surface area (Å²) in [5.74, 6) is -0.689. The summed E-state index contributed by atoms with van der Waals surface area (Å²) >= 11 is 0. The number of carbonyl (C=O) groups excluding carboxylic acids is 1. The van der Waals surface area contributed by atoms with Crippen LogP contribution in [0.15, 0.2) is 33.5 Å². The molecule has 5 heteroatoms. The van der Waals surface area contributed by atoms with Crippen molar-refractivity contribution in [2.45, 2.75) is 20.0 Å². The number of ether oxygens (including phenoxy) is 1. The number of benzene rings is 1. The van der Waals surface area contributed by atoms with E-state index in [1.54, 1.807) is 19.1 Å². The Morgan fingerprint density at radius 3 is 2.71 bits per heavy atom. The maximum atomic E-state index is 12.0. The lowest BCUT2D eigenvalue weighted by atomic mass is 10.1. The van der Waals surface area contributed by atoms with Crippen LogP contribution in [-0.2, 0) is 4.74 Å². The van der Waals surface area contributed by atoms with Crippen LogP contribution in [0.4, 0.5) is 0 Å². The van der Waals surface area contributed by atoms with Crippen LogP contribution in [0.1, 0.15) is 23.0 Å². The van der Waals surface area contributed by atoms with Gasteiger partial charge in [0, 0.05) is 12.6 Å². The molecule has 2 rings (SSSR count). The van der Waals surface area contributed by atoms with Gasteiger partial charge in [0.1, 0.15) is 11.7 Å². The van der Waals surface area contributed by atoms with E-state index in [-0.39, 0.29) is 17.3 Å². The molecule has 0 fully saturated rings. The van der Waals surface area contributed by atoms with Crippen LogP contribution in [0.5, 0.6) is 0 Å². The molecular formula is C16H19NO4. The van der Waals surface area contributed by atoms with Crippen LogP contribution in [0.25, 0.3) is 11.0 Å². The number of rotatable bonds is 4. The number of aryl methyl sites for hydroxylation is 1. The zero-order valence-electron chi connectivity index (χ0n) is 12.7. The summed E-state index contributed by atoms with van der Waals surface area (Å²) < 4.78 is 10.7. The van der Waals surface area contributed by atoms with E-state index in [1.165, 1.54) is 6.07 Å². The Bertz CT molecular complexity index is 718. The van der Waals surface area contributed by atoms with E-state index in [0.29, 0.717) is 17.5 Å². The largest absolute Gasteiger partial charge is 0.455 e. The van der Waals surface area contributed by atoms with Crippen molar-refractivity contribution in [3.8, 4) is 0 Å². The van der Waals surface area contributed by atoms with Gasteiger partial charge in [-0.3, -0.25) is 4.79 Å². The SMILES string of the molecule is Cc1ccc2oc(C(=O)OC(C)CN(C)C)cc(=O)c2c1. The van der Waals surface area contributed by atoms with Gasteiger partial charge >= 0.3 is 5.97 Å². The van der Waals surface area contributed by atoms with Crippen molar-refractivity contribution >= 4 is 16.9 Å². The predicted molar refractivity (Wildman–Crippen MR) is 80.7 cm³/mol. The highest BCUT2D eigenvalue weighted by Crippen LogP contribution is 2.15. The van der Waals surface area contributed by atoms with Gasteiger partial charge in [-0.1, -0.05) is 11.6 Å². The number of hydrogen-bond acceptors (Lipinski definition) is 5. The van der Waals surface area contributed by atoms with Crippen LogP contribution in [0, 0.1) is 6.92 Å². The van der Waals surface area contributed by atoms with Gasteiger partial charge in [0.2, 0.25) is 5.76 Å². The molecule has 0 amide bonds. The van der Waals surface area contributed by atoms with E-state index < -0.39 is 5.97 Å². The standard InChI is InChI=1S/C16H19NO4/c1-10-5-6-14-12(7-10)13(18)8-15(21-14)16(19)20-11(2)9-17(3)4/h5-8,11H,9H2,1-4H3. The maximum Gasteiger partial charge on any atom is 0.374 e. The molecule has 0 radical (unpaired) electrons. The van der Waals surface area contributed by atoms with Gasteiger partial charge in [-0.15, -0.1) is 0 Å². The summed E-state index contributed by atoms with van der Waals surface area (Å²) in [5, 5.41) is 0.466. The molecule has 1 aromatic carbocycles. The summed E-state index contributed by atoms with van der Waals surface area (Å²) in [5.41, 5.74) is 1.11. The van der Waals surface area contributed by atoms with E-state index in [2.05, 4.69) is 0 Å². The Morgan fingerprint density at radius 2 is 2.05 bits per heavy atom. The minimum absolute atomic E-state index is 0.0676. The van der Waals surface area contributed by atoms with Crippen LogP contribution in [0.3, 0.4) is 0 Å². The molecule has 1 atom stereocenters. The number of carbonyl (C=O) groups is 1. The molecule has 1 heterocycles. The second kappa shape index (κ2) is 6.10. The number of fused-ring (bicyclic) bond motifs is 1. The number of nitrogens with zero attached hydrogens (tertiary/aromatic N) is 1. The second-order valence-electron chi connectivity index (χ2n) is 5.45. The van der Waals surface area contributed by atoms with Gasteiger partial charge in [-0.2, -0.15) is 0 Å². The summed E-state index contributed by atoms with van der Waals surface area (Å²) in [7, 11) is 3.78. The highest BCUT2D eigenvalue weighted by atomic mass is 16.6. The third kappa shape index (κ3) is 3.70. The summed E-state index contributed by atoms with van der Waals surface area (Å²) in [6.07, 6.45) is -0.286. The highest BCUT2D eigenvalue weighted by Gasteiger charge is 2.17. The van der Waals surface area contributed by atoms with Gasteiger partial charge in [-0.25, -0.2) is 4.79 Å². The summed E-state index contributed by atoms with van der Waals surface area (Å²) in [6.45, 7) is 4.28. The maximum absolute atomic E-state index is 12.0. The van der Waals surface area contributed by atoms with Crippen molar-refractivity contribution in [3.05, 3.63) is 45.8 Å². The fourth-order valence-electron chi connectivity index (χ4n) is 2.16. The van der Waals surface area contributed by atoms with E-state index in [0.717, 1.165) is 5.56 Å². The monoisotopic (exact) mass is 289 g/mol. The van der Waals surface area contributed by atoms with Crippen LogP contribution >= 0.6 is 0 Å². The van der Waals surface area contributed by atoms with Crippen LogP contribution < -0.4 is 5.43 Å². The van der Waals surface area contributed by atoms with E-state index in [9.17, 15) is 9.59 Å². The topological polar surface area (TPSA) is 59.8 Å². The fraction of sp³-hybridized carbons (Fsp3) is 0.375. The van der Waals surface area contributed by atoms with Crippen molar-refractivity contribution in [1.82, 2.24) is 4.90 Å². The molecule has 0 aliphatic carbocycles. The molecule has 2 aromatic rings. The lowest BCUT2D eigenvalue weighted by Gasteiger charge is -2.17. The molecule has 0 saturated heterocycles. The van der Waals surface area contributed by atoms with Crippen molar-refractivity contribution in [2.24, 2.45) is 0 Å².